The minimum absolute atomic E-state index is 0.325. The molecular formula is C16H25ClN2O4. The molecule has 1 N–H and O–H groups in total. The molecule has 0 spiro atoms. The fraction of sp³-hybridized carbons (Fsp3) is 0.500. The van der Waals surface area contributed by atoms with E-state index in [9.17, 15) is 9.59 Å². The van der Waals surface area contributed by atoms with Crippen molar-refractivity contribution in [3.05, 3.63) is 28.8 Å². The van der Waals surface area contributed by atoms with Gasteiger partial charge in [0.15, 0.2) is 0 Å². The Balaban J connectivity index is 0.000000438. The molecule has 0 heterocycles. The summed E-state index contributed by atoms with van der Waals surface area (Å²) in [7, 11) is 2.84. The third-order valence-corrected chi connectivity index (χ3v) is 3.44. The van der Waals surface area contributed by atoms with Crippen molar-refractivity contribution >= 4 is 24.0 Å². The molecule has 0 aliphatic rings. The molecular weight excluding hydrogens is 320 g/mol. The molecule has 0 atom stereocenters. The molecule has 130 valence electrons. The number of carbonyl (C=O) groups excluding carboxylic acids is 2. The minimum atomic E-state index is -0.451. The van der Waals surface area contributed by atoms with Crippen LogP contribution in [0.1, 0.15) is 24.2 Å². The van der Waals surface area contributed by atoms with Gasteiger partial charge in [0.05, 0.1) is 24.8 Å². The second kappa shape index (κ2) is 12.7. The molecule has 0 unspecified atom stereocenters. The van der Waals surface area contributed by atoms with Crippen LogP contribution in [0.25, 0.3) is 0 Å². The van der Waals surface area contributed by atoms with Gasteiger partial charge < -0.3 is 19.7 Å². The summed E-state index contributed by atoms with van der Waals surface area (Å²) in [6.07, 6.45) is 0.740. The van der Waals surface area contributed by atoms with Crippen LogP contribution in [0, 0.1) is 0 Å². The molecule has 1 rings (SSSR count). The molecule has 1 aromatic carbocycles. The summed E-state index contributed by atoms with van der Waals surface area (Å²) in [5.74, 6) is 0.158. The second-order valence-electron chi connectivity index (χ2n) is 4.44. The zero-order chi connectivity index (χ0) is 17.7. The van der Waals surface area contributed by atoms with Crippen LogP contribution < -0.4 is 10.1 Å². The lowest BCUT2D eigenvalue weighted by Crippen LogP contribution is -2.31. The Morgan fingerprint density at radius 1 is 1.30 bits per heavy atom. The number of rotatable bonds is 8. The average Bonchev–Trinajstić information content (AvgIpc) is 2.58. The normalized spacial score (nSPS) is 9.65. The highest BCUT2D eigenvalue weighted by Crippen LogP contribution is 2.22. The van der Waals surface area contributed by atoms with Crippen LogP contribution in [0.3, 0.4) is 0 Å². The summed E-state index contributed by atoms with van der Waals surface area (Å²) in [6, 6.07) is 4.78. The van der Waals surface area contributed by atoms with E-state index in [2.05, 4.69) is 28.8 Å². The van der Waals surface area contributed by atoms with Crippen LogP contribution in [0.4, 0.5) is 0 Å². The third-order valence-electron chi connectivity index (χ3n) is 3.13. The first-order valence-electron chi connectivity index (χ1n) is 7.35. The van der Waals surface area contributed by atoms with E-state index >= 15 is 0 Å². The van der Waals surface area contributed by atoms with Crippen molar-refractivity contribution in [3.8, 4) is 5.75 Å². The number of likely N-dealkylation sites (N-methyl/N-ethyl adjacent to an activating group) is 1. The van der Waals surface area contributed by atoms with Crippen LogP contribution in [0.5, 0.6) is 5.75 Å². The van der Waals surface area contributed by atoms with Gasteiger partial charge in [0.1, 0.15) is 5.75 Å². The van der Waals surface area contributed by atoms with Gasteiger partial charge in [-0.05, 0) is 31.3 Å². The smallest absolute Gasteiger partial charge is 0.339 e. The first kappa shape index (κ1) is 21.2. The average molecular weight is 345 g/mol. The predicted molar refractivity (Wildman–Crippen MR) is 91.2 cm³/mol. The molecule has 7 heteroatoms. The topological polar surface area (TPSA) is 67.9 Å². The maximum Gasteiger partial charge on any atom is 0.339 e. The van der Waals surface area contributed by atoms with Crippen molar-refractivity contribution in [2.75, 3.05) is 40.4 Å². The Hall–Kier alpha value is -1.79. The largest absolute Gasteiger partial charge is 0.497 e. The molecule has 0 aliphatic heterocycles. The Kier molecular flexibility index (Phi) is 11.7. The van der Waals surface area contributed by atoms with Crippen LogP contribution in [-0.4, -0.2) is 57.7 Å². The van der Waals surface area contributed by atoms with Crippen molar-refractivity contribution in [2.24, 2.45) is 0 Å². The zero-order valence-corrected chi connectivity index (χ0v) is 14.9. The number of esters is 1. The van der Waals surface area contributed by atoms with E-state index in [1.807, 2.05) is 0 Å². The molecule has 6 nitrogen and oxygen atoms in total. The van der Waals surface area contributed by atoms with Crippen LogP contribution in [-0.2, 0) is 9.53 Å². The fourth-order valence-corrected chi connectivity index (χ4v) is 1.97. The van der Waals surface area contributed by atoms with Gasteiger partial charge in [-0.2, -0.15) is 0 Å². The summed E-state index contributed by atoms with van der Waals surface area (Å²) in [6.45, 7) is 8.04. The van der Waals surface area contributed by atoms with Gasteiger partial charge in [-0.25, -0.2) is 4.79 Å². The second-order valence-corrected chi connectivity index (χ2v) is 4.84. The van der Waals surface area contributed by atoms with E-state index in [1.165, 1.54) is 14.2 Å². The van der Waals surface area contributed by atoms with Gasteiger partial charge >= 0.3 is 5.97 Å². The number of amides is 1. The molecule has 23 heavy (non-hydrogen) atoms. The number of carbonyl (C=O) groups is 2. The minimum Gasteiger partial charge on any atom is -0.497 e. The van der Waals surface area contributed by atoms with Gasteiger partial charge in [-0.1, -0.05) is 25.4 Å². The number of hydrogen-bond donors (Lipinski definition) is 1. The highest BCUT2D eigenvalue weighted by atomic mass is 35.5. The number of halogens is 1. The maximum absolute atomic E-state index is 11.1. The number of hydrogen-bond acceptors (Lipinski definition) is 5. The summed E-state index contributed by atoms with van der Waals surface area (Å²) < 4.78 is 9.45. The van der Waals surface area contributed by atoms with Gasteiger partial charge in [-0.15, -0.1) is 0 Å². The predicted octanol–water partition coefficient (Wildman–Crippen LogP) is 2.21. The Morgan fingerprint density at radius 2 is 1.96 bits per heavy atom. The van der Waals surface area contributed by atoms with Crippen LogP contribution >= 0.6 is 11.6 Å². The highest BCUT2D eigenvalue weighted by molar-refractivity contribution is 6.33. The lowest BCUT2D eigenvalue weighted by atomic mass is 10.2. The van der Waals surface area contributed by atoms with E-state index < -0.39 is 5.97 Å². The molecule has 0 aromatic heterocycles. The first-order valence-corrected chi connectivity index (χ1v) is 7.72. The third kappa shape index (κ3) is 8.42. The maximum atomic E-state index is 11.1. The summed E-state index contributed by atoms with van der Waals surface area (Å²) in [4.78, 5) is 23.2. The Bertz CT molecular complexity index is 479. The van der Waals surface area contributed by atoms with Gasteiger partial charge in [0.2, 0.25) is 6.41 Å². The van der Waals surface area contributed by atoms with Crippen molar-refractivity contribution < 1.29 is 19.1 Å². The summed E-state index contributed by atoms with van der Waals surface area (Å²) >= 11 is 5.80. The summed E-state index contributed by atoms with van der Waals surface area (Å²) in [5, 5.41) is 2.95. The van der Waals surface area contributed by atoms with Gasteiger partial charge in [0, 0.05) is 13.1 Å². The van der Waals surface area contributed by atoms with Crippen molar-refractivity contribution in [3.63, 3.8) is 0 Å². The molecule has 0 saturated carbocycles. The molecule has 1 amide bonds. The summed E-state index contributed by atoms with van der Waals surface area (Å²) in [5.41, 5.74) is 0.338. The molecule has 0 saturated heterocycles. The number of benzene rings is 1. The monoisotopic (exact) mass is 344 g/mol. The highest BCUT2D eigenvalue weighted by Gasteiger charge is 2.10. The molecule has 0 radical (unpaired) electrons. The zero-order valence-electron chi connectivity index (χ0n) is 14.1. The van der Waals surface area contributed by atoms with E-state index in [4.69, 9.17) is 16.3 Å². The number of ether oxygens (including phenoxy) is 2. The van der Waals surface area contributed by atoms with Crippen molar-refractivity contribution in [1.29, 1.82) is 0 Å². The quantitative estimate of drug-likeness (QED) is 0.445. The van der Waals surface area contributed by atoms with E-state index in [1.54, 1.807) is 18.2 Å². The number of nitrogens with one attached hydrogen (secondary N) is 1. The standard InChI is InChI=1S/C9H9ClO3.C7H16N2O/c1-12-6-3-4-7(8(10)5-6)9(11)13-2;1-3-9(4-2)6-5-8-7-10/h3-5H,1-2H3;7H,3-6H2,1-2H3,(H,8,10). The van der Waals surface area contributed by atoms with E-state index in [-0.39, 0.29) is 0 Å². The number of nitrogens with zero attached hydrogens (tertiary/aromatic N) is 1. The molecule has 0 fully saturated rings. The fourth-order valence-electron chi connectivity index (χ4n) is 1.72. The molecule has 0 aliphatic carbocycles. The Morgan fingerprint density at radius 3 is 2.39 bits per heavy atom. The number of methoxy groups -OCH3 is 2. The van der Waals surface area contributed by atoms with Crippen LogP contribution in [0.15, 0.2) is 18.2 Å². The molecule has 0 bridgehead atoms. The van der Waals surface area contributed by atoms with E-state index in [0.29, 0.717) is 16.3 Å². The lowest BCUT2D eigenvalue weighted by Gasteiger charge is -2.16. The van der Waals surface area contributed by atoms with Crippen molar-refractivity contribution in [2.45, 2.75) is 13.8 Å². The molecule has 1 aromatic rings. The Labute approximate surface area is 142 Å². The SMILES string of the molecule is CCN(CC)CCNC=O.COC(=O)c1ccc(OC)cc1Cl. The first-order chi connectivity index (χ1) is 11.0. The van der Waals surface area contributed by atoms with E-state index in [0.717, 1.165) is 32.6 Å². The van der Waals surface area contributed by atoms with Crippen molar-refractivity contribution in [1.82, 2.24) is 10.2 Å². The lowest BCUT2D eigenvalue weighted by molar-refractivity contribution is -0.109. The van der Waals surface area contributed by atoms with Gasteiger partial charge in [-0.3, -0.25) is 4.79 Å². The van der Waals surface area contributed by atoms with Crippen LogP contribution in [0.2, 0.25) is 5.02 Å². The van der Waals surface area contributed by atoms with Gasteiger partial charge in [0.25, 0.3) is 0 Å².